The van der Waals surface area contributed by atoms with Crippen LogP contribution in [-0.2, 0) is 6.42 Å². The second-order valence-electron chi connectivity index (χ2n) is 4.44. The van der Waals surface area contributed by atoms with Gasteiger partial charge in [0, 0.05) is 0 Å². The minimum atomic E-state index is 0.659. The molecule has 0 saturated carbocycles. The molecule has 1 atom stereocenters. The number of nitrogens with two attached hydrogens (primary N) is 1. The molecule has 0 saturated heterocycles. The highest BCUT2D eigenvalue weighted by Crippen LogP contribution is 2.15. The van der Waals surface area contributed by atoms with Crippen molar-refractivity contribution in [2.75, 3.05) is 6.54 Å². The summed E-state index contributed by atoms with van der Waals surface area (Å²) in [4.78, 5) is 0. The number of rotatable bonds is 6. The Kier molecular flexibility index (Phi) is 5.41. The molecule has 0 aromatic heterocycles. The van der Waals surface area contributed by atoms with Crippen LogP contribution in [-0.4, -0.2) is 6.54 Å². The molecule has 0 spiro atoms. The van der Waals surface area contributed by atoms with E-state index in [4.69, 9.17) is 5.73 Å². The molecule has 1 rings (SSSR count). The van der Waals surface area contributed by atoms with E-state index >= 15 is 0 Å². The van der Waals surface area contributed by atoms with Crippen molar-refractivity contribution >= 4 is 0 Å². The van der Waals surface area contributed by atoms with Crippen LogP contribution in [0.4, 0.5) is 0 Å². The van der Waals surface area contributed by atoms with Crippen LogP contribution in [0.15, 0.2) is 24.3 Å². The summed E-state index contributed by atoms with van der Waals surface area (Å²) in [5.74, 6) is 0.659. The van der Waals surface area contributed by atoms with Gasteiger partial charge in [-0.1, -0.05) is 49.6 Å². The van der Waals surface area contributed by atoms with Crippen LogP contribution in [0.2, 0.25) is 0 Å². The van der Waals surface area contributed by atoms with Gasteiger partial charge < -0.3 is 5.73 Å². The summed E-state index contributed by atoms with van der Waals surface area (Å²) in [6.45, 7) is 5.20. The zero-order valence-electron chi connectivity index (χ0n) is 10.00. The lowest BCUT2D eigenvalue weighted by Crippen LogP contribution is -2.16. The summed E-state index contributed by atoms with van der Waals surface area (Å²) in [6.07, 6.45) is 4.97. The lowest BCUT2D eigenvalue weighted by atomic mass is 9.94. The summed E-state index contributed by atoms with van der Waals surface area (Å²) in [7, 11) is 0. The van der Waals surface area contributed by atoms with Gasteiger partial charge in [-0.25, -0.2) is 0 Å². The van der Waals surface area contributed by atoms with E-state index in [9.17, 15) is 0 Å². The smallest absolute Gasteiger partial charge is 0.00457 e. The van der Waals surface area contributed by atoms with E-state index in [2.05, 4.69) is 38.1 Å². The van der Waals surface area contributed by atoms with Crippen LogP contribution in [0, 0.1) is 12.8 Å². The van der Waals surface area contributed by atoms with Gasteiger partial charge in [-0.05, 0) is 37.8 Å². The molecule has 1 aromatic rings. The first-order valence-electron chi connectivity index (χ1n) is 6.02. The molecule has 0 bridgehead atoms. The quantitative estimate of drug-likeness (QED) is 0.757. The van der Waals surface area contributed by atoms with Crippen molar-refractivity contribution in [2.24, 2.45) is 11.7 Å². The third-order valence-corrected chi connectivity index (χ3v) is 2.91. The molecule has 1 nitrogen and oxygen atoms in total. The predicted molar refractivity (Wildman–Crippen MR) is 67.0 cm³/mol. The van der Waals surface area contributed by atoms with Crippen molar-refractivity contribution in [2.45, 2.75) is 39.5 Å². The molecule has 15 heavy (non-hydrogen) atoms. The summed E-state index contributed by atoms with van der Waals surface area (Å²) in [5, 5.41) is 0. The number of aryl methyl sites for hydroxylation is 1. The first kappa shape index (κ1) is 12.3. The standard InChI is InChI=1S/C14H23N/c1-3-4-7-14(11-15)10-13-8-5-6-12(2)9-13/h5-6,8-9,14H,3-4,7,10-11,15H2,1-2H3. The van der Waals surface area contributed by atoms with Crippen molar-refractivity contribution < 1.29 is 0 Å². The molecule has 0 radical (unpaired) electrons. The predicted octanol–water partition coefficient (Wildman–Crippen LogP) is 3.30. The van der Waals surface area contributed by atoms with Crippen LogP contribution in [0.5, 0.6) is 0 Å². The average molecular weight is 205 g/mol. The molecule has 1 heteroatoms. The lowest BCUT2D eigenvalue weighted by molar-refractivity contribution is 0.472. The van der Waals surface area contributed by atoms with Gasteiger partial charge in [-0.15, -0.1) is 0 Å². The van der Waals surface area contributed by atoms with Crippen LogP contribution in [0.1, 0.15) is 37.3 Å². The second kappa shape index (κ2) is 6.62. The fourth-order valence-corrected chi connectivity index (χ4v) is 1.97. The third-order valence-electron chi connectivity index (χ3n) is 2.91. The van der Waals surface area contributed by atoms with Gasteiger partial charge in [0.2, 0.25) is 0 Å². The van der Waals surface area contributed by atoms with Crippen LogP contribution >= 0.6 is 0 Å². The Hall–Kier alpha value is -0.820. The Bertz CT molecular complexity index is 280. The fraction of sp³-hybridized carbons (Fsp3) is 0.571. The Morgan fingerprint density at radius 1 is 1.33 bits per heavy atom. The molecule has 1 unspecified atom stereocenters. The zero-order valence-corrected chi connectivity index (χ0v) is 10.00. The molecule has 2 N–H and O–H groups in total. The highest BCUT2D eigenvalue weighted by atomic mass is 14.5. The maximum absolute atomic E-state index is 5.80. The summed E-state index contributed by atoms with van der Waals surface area (Å²) >= 11 is 0. The maximum atomic E-state index is 5.80. The molecule has 0 heterocycles. The van der Waals surface area contributed by atoms with Gasteiger partial charge >= 0.3 is 0 Å². The topological polar surface area (TPSA) is 26.0 Å². The second-order valence-corrected chi connectivity index (χ2v) is 4.44. The van der Waals surface area contributed by atoms with Crippen molar-refractivity contribution in [3.63, 3.8) is 0 Å². The Morgan fingerprint density at radius 2 is 2.13 bits per heavy atom. The monoisotopic (exact) mass is 205 g/mol. The van der Waals surface area contributed by atoms with Crippen LogP contribution in [0.3, 0.4) is 0 Å². The van der Waals surface area contributed by atoms with E-state index in [0.717, 1.165) is 13.0 Å². The first-order valence-corrected chi connectivity index (χ1v) is 6.02. The van der Waals surface area contributed by atoms with Crippen molar-refractivity contribution in [3.8, 4) is 0 Å². The first-order chi connectivity index (χ1) is 7.26. The van der Waals surface area contributed by atoms with Gasteiger partial charge in [-0.3, -0.25) is 0 Å². The van der Waals surface area contributed by atoms with E-state index in [1.807, 2.05) is 0 Å². The van der Waals surface area contributed by atoms with Gasteiger partial charge in [0.25, 0.3) is 0 Å². The van der Waals surface area contributed by atoms with E-state index < -0.39 is 0 Å². The number of unbranched alkanes of at least 4 members (excludes halogenated alkanes) is 1. The normalized spacial score (nSPS) is 12.7. The average Bonchev–Trinajstić information content (AvgIpc) is 2.24. The molecular weight excluding hydrogens is 182 g/mol. The highest BCUT2D eigenvalue weighted by Gasteiger charge is 2.07. The maximum Gasteiger partial charge on any atom is -0.00457 e. The van der Waals surface area contributed by atoms with E-state index in [1.165, 1.54) is 30.4 Å². The van der Waals surface area contributed by atoms with E-state index in [1.54, 1.807) is 0 Å². The molecular formula is C14H23N. The highest BCUT2D eigenvalue weighted by molar-refractivity contribution is 5.22. The third kappa shape index (κ3) is 4.48. The van der Waals surface area contributed by atoms with E-state index in [-0.39, 0.29) is 0 Å². The van der Waals surface area contributed by atoms with Crippen LogP contribution < -0.4 is 5.73 Å². The van der Waals surface area contributed by atoms with Crippen molar-refractivity contribution in [1.29, 1.82) is 0 Å². The van der Waals surface area contributed by atoms with Gasteiger partial charge in [0.1, 0.15) is 0 Å². The summed E-state index contributed by atoms with van der Waals surface area (Å²) < 4.78 is 0. The Balaban J connectivity index is 2.50. The molecule has 1 aromatic carbocycles. The number of hydrogen-bond acceptors (Lipinski definition) is 1. The zero-order chi connectivity index (χ0) is 11.1. The van der Waals surface area contributed by atoms with Gasteiger partial charge in [-0.2, -0.15) is 0 Å². The molecule has 0 fully saturated rings. The molecule has 0 aliphatic heterocycles. The van der Waals surface area contributed by atoms with Crippen molar-refractivity contribution in [3.05, 3.63) is 35.4 Å². The van der Waals surface area contributed by atoms with Gasteiger partial charge in [0.15, 0.2) is 0 Å². The lowest BCUT2D eigenvalue weighted by Gasteiger charge is -2.14. The Morgan fingerprint density at radius 3 is 2.73 bits per heavy atom. The van der Waals surface area contributed by atoms with Gasteiger partial charge in [0.05, 0.1) is 0 Å². The fourth-order valence-electron chi connectivity index (χ4n) is 1.97. The molecule has 0 aliphatic carbocycles. The summed E-state index contributed by atoms with van der Waals surface area (Å²) in [5.41, 5.74) is 8.58. The minimum absolute atomic E-state index is 0.659. The molecule has 84 valence electrons. The number of hydrogen-bond donors (Lipinski definition) is 1. The van der Waals surface area contributed by atoms with Crippen molar-refractivity contribution in [1.82, 2.24) is 0 Å². The van der Waals surface area contributed by atoms with E-state index in [0.29, 0.717) is 5.92 Å². The summed E-state index contributed by atoms with van der Waals surface area (Å²) in [6, 6.07) is 8.77. The largest absolute Gasteiger partial charge is 0.330 e. The van der Waals surface area contributed by atoms with Crippen LogP contribution in [0.25, 0.3) is 0 Å². The number of benzene rings is 1. The Labute approximate surface area is 93.7 Å². The molecule has 0 aliphatic rings. The SMILES string of the molecule is CCCCC(CN)Cc1cccc(C)c1. The minimum Gasteiger partial charge on any atom is -0.330 e. The molecule has 0 amide bonds.